The van der Waals surface area contributed by atoms with E-state index in [9.17, 15) is 9.18 Å². The summed E-state index contributed by atoms with van der Waals surface area (Å²) in [6.45, 7) is 6.01. The predicted octanol–water partition coefficient (Wildman–Crippen LogP) is 3.38. The number of ether oxygens (including phenoxy) is 1. The molecule has 17 heavy (non-hydrogen) atoms. The van der Waals surface area contributed by atoms with Gasteiger partial charge >= 0.3 is 0 Å². The highest BCUT2D eigenvalue weighted by Gasteiger charge is 2.11. The van der Waals surface area contributed by atoms with Crippen LogP contribution in [0.25, 0.3) is 0 Å². The first-order valence-electron chi connectivity index (χ1n) is 5.93. The van der Waals surface area contributed by atoms with Crippen molar-refractivity contribution in [3.63, 3.8) is 0 Å². The van der Waals surface area contributed by atoms with Crippen LogP contribution in [-0.4, -0.2) is 12.4 Å². The van der Waals surface area contributed by atoms with E-state index in [0.29, 0.717) is 25.2 Å². The van der Waals surface area contributed by atoms with Gasteiger partial charge in [0.05, 0.1) is 6.61 Å². The molecule has 1 aromatic rings. The highest BCUT2D eigenvalue weighted by atomic mass is 19.1. The van der Waals surface area contributed by atoms with Crippen LogP contribution in [0.3, 0.4) is 0 Å². The van der Waals surface area contributed by atoms with Crippen LogP contribution in [0.4, 0.5) is 4.39 Å². The lowest BCUT2D eigenvalue weighted by atomic mass is 9.96. The van der Waals surface area contributed by atoms with Crippen molar-refractivity contribution in [1.82, 2.24) is 0 Å². The highest BCUT2D eigenvalue weighted by molar-refractivity contribution is 5.75. The summed E-state index contributed by atoms with van der Waals surface area (Å²) in [7, 11) is 0. The van der Waals surface area contributed by atoms with Crippen LogP contribution in [-0.2, 0) is 11.2 Å². The Bertz CT molecular complexity index is 388. The van der Waals surface area contributed by atoms with Gasteiger partial charge in [0.15, 0.2) is 0 Å². The Hall–Kier alpha value is -1.38. The highest BCUT2D eigenvalue weighted by Crippen LogP contribution is 2.24. The minimum atomic E-state index is -0.265. The van der Waals surface area contributed by atoms with E-state index < -0.39 is 0 Å². The Morgan fingerprint density at radius 2 is 2.18 bits per heavy atom. The molecule has 3 heteroatoms. The van der Waals surface area contributed by atoms with E-state index >= 15 is 0 Å². The van der Waals surface area contributed by atoms with Crippen molar-refractivity contribution in [2.24, 2.45) is 5.92 Å². The Kier molecular flexibility index (Phi) is 5.13. The molecule has 0 saturated carbocycles. The van der Waals surface area contributed by atoms with Gasteiger partial charge in [0, 0.05) is 6.42 Å². The maximum atomic E-state index is 13.2. The minimum absolute atomic E-state index is 0.159. The molecule has 0 bridgehead atoms. The lowest BCUT2D eigenvalue weighted by Gasteiger charge is -2.14. The number of rotatable bonds is 6. The number of hydrogen-bond acceptors (Lipinski definition) is 2. The van der Waals surface area contributed by atoms with Crippen LogP contribution >= 0.6 is 0 Å². The van der Waals surface area contributed by atoms with Gasteiger partial charge in [0.1, 0.15) is 17.3 Å². The van der Waals surface area contributed by atoms with E-state index in [-0.39, 0.29) is 17.5 Å². The number of ketones is 1. The summed E-state index contributed by atoms with van der Waals surface area (Å²) in [5.41, 5.74) is 0.834. The minimum Gasteiger partial charge on any atom is -0.494 e. The summed E-state index contributed by atoms with van der Waals surface area (Å²) >= 11 is 0. The van der Waals surface area contributed by atoms with Gasteiger partial charge in [-0.05, 0) is 49.9 Å². The van der Waals surface area contributed by atoms with Crippen molar-refractivity contribution in [2.45, 2.75) is 33.6 Å². The predicted molar refractivity (Wildman–Crippen MR) is 65.7 cm³/mol. The molecule has 1 atom stereocenters. The zero-order valence-corrected chi connectivity index (χ0v) is 10.6. The van der Waals surface area contributed by atoms with Crippen molar-refractivity contribution in [1.29, 1.82) is 0 Å². The number of Topliss-reactive ketones (excluding diaryl/α,β-unsaturated/α-hetero) is 1. The fourth-order valence-electron chi connectivity index (χ4n) is 1.94. The standard InChI is InChI=1S/C14H19FO2/c1-4-17-14-6-5-13(15)9-12(14)8-10(2)7-11(3)16/h5-6,9-10H,4,7-8H2,1-3H3. The number of halogens is 1. The molecule has 0 spiro atoms. The van der Waals surface area contributed by atoms with E-state index in [4.69, 9.17) is 4.74 Å². The van der Waals surface area contributed by atoms with Crippen LogP contribution in [0, 0.1) is 11.7 Å². The monoisotopic (exact) mass is 238 g/mol. The van der Waals surface area contributed by atoms with Gasteiger partial charge in [-0.3, -0.25) is 0 Å². The largest absolute Gasteiger partial charge is 0.494 e. The molecular weight excluding hydrogens is 219 g/mol. The Balaban J connectivity index is 2.80. The quantitative estimate of drug-likeness (QED) is 0.759. The molecule has 2 nitrogen and oxygen atoms in total. The maximum absolute atomic E-state index is 13.2. The lowest BCUT2D eigenvalue weighted by Crippen LogP contribution is -2.07. The third kappa shape index (κ3) is 4.55. The Morgan fingerprint density at radius 3 is 2.76 bits per heavy atom. The average Bonchev–Trinajstić information content (AvgIpc) is 2.21. The third-order valence-electron chi connectivity index (χ3n) is 2.53. The SMILES string of the molecule is CCOc1ccc(F)cc1CC(C)CC(C)=O. The third-order valence-corrected chi connectivity index (χ3v) is 2.53. The molecule has 0 amide bonds. The van der Waals surface area contributed by atoms with Gasteiger partial charge in [-0.15, -0.1) is 0 Å². The van der Waals surface area contributed by atoms with E-state index in [1.54, 1.807) is 13.0 Å². The second kappa shape index (κ2) is 6.38. The summed E-state index contributed by atoms with van der Waals surface area (Å²) < 4.78 is 18.6. The zero-order valence-electron chi connectivity index (χ0n) is 10.6. The molecule has 1 rings (SSSR count). The van der Waals surface area contributed by atoms with Crippen LogP contribution < -0.4 is 4.74 Å². The van der Waals surface area contributed by atoms with E-state index in [1.807, 2.05) is 13.8 Å². The molecule has 0 heterocycles. The summed E-state index contributed by atoms with van der Waals surface area (Å²) in [4.78, 5) is 11.0. The van der Waals surface area contributed by atoms with E-state index in [1.165, 1.54) is 12.1 Å². The number of carbonyl (C=O) groups is 1. The van der Waals surface area contributed by atoms with Crippen LogP contribution in [0.1, 0.15) is 32.8 Å². The molecule has 0 aliphatic rings. The summed E-state index contributed by atoms with van der Waals surface area (Å²) in [6.07, 6.45) is 1.18. The van der Waals surface area contributed by atoms with Crippen molar-refractivity contribution >= 4 is 5.78 Å². The van der Waals surface area contributed by atoms with Crippen LogP contribution in [0.2, 0.25) is 0 Å². The van der Waals surface area contributed by atoms with Crippen LogP contribution in [0.15, 0.2) is 18.2 Å². The Morgan fingerprint density at radius 1 is 1.47 bits per heavy atom. The van der Waals surface area contributed by atoms with Gasteiger partial charge in [-0.1, -0.05) is 6.92 Å². The molecule has 0 aromatic heterocycles. The molecule has 0 aliphatic carbocycles. The van der Waals surface area contributed by atoms with Crippen molar-refractivity contribution < 1.29 is 13.9 Å². The van der Waals surface area contributed by atoms with Gasteiger partial charge in [0.2, 0.25) is 0 Å². The van der Waals surface area contributed by atoms with Gasteiger partial charge in [0.25, 0.3) is 0 Å². The molecular formula is C14H19FO2. The molecule has 0 fully saturated rings. The molecule has 1 unspecified atom stereocenters. The lowest BCUT2D eigenvalue weighted by molar-refractivity contribution is -0.117. The first-order chi connectivity index (χ1) is 8.02. The normalized spacial score (nSPS) is 12.2. The Labute approximate surface area is 102 Å². The second-order valence-corrected chi connectivity index (χ2v) is 4.40. The summed E-state index contributed by atoms with van der Waals surface area (Å²) in [5.74, 6) is 0.808. The number of benzene rings is 1. The fraction of sp³-hybridized carbons (Fsp3) is 0.500. The molecule has 0 saturated heterocycles. The smallest absolute Gasteiger partial charge is 0.130 e. The van der Waals surface area contributed by atoms with Gasteiger partial charge < -0.3 is 9.53 Å². The molecule has 94 valence electrons. The molecule has 0 radical (unpaired) electrons. The fourth-order valence-corrected chi connectivity index (χ4v) is 1.94. The van der Waals surface area contributed by atoms with Gasteiger partial charge in [-0.25, -0.2) is 4.39 Å². The first kappa shape index (κ1) is 13.7. The average molecular weight is 238 g/mol. The van der Waals surface area contributed by atoms with E-state index in [2.05, 4.69) is 0 Å². The summed E-state index contributed by atoms with van der Waals surface area (Å²) in [6, 6.07) is 4.53. The van der Waals surface area contributed by atoms with E-state index in [0.717, 1.165) is 5.56 Å². The molecule has 0 aliphatic heterocycles. The zero-order chi connectivity index (χ0) is 12.8. The topological polar surface area (TPSA) is 26.3 Å². The number of carbonyl (C=O) groups excluding carboxylic acids is 1. The van der Waals surface area contributed by atoms with Gasteiger partial charge in [-0.2, -0.15) is 0 Å². The van der Waals surface area contributed by atoms with Crippen molar-refractivity contribution in [3.8, 4) is 5.75 Å². The molecule has 1 aromatic carbocycles. The van der Waals surface area contributed by atoms with Crippen LogP contribution in [0.5, 0.6) is 5.75 Å². The molecule has 0 N–H and O–H groups in total. The second-order valence-electron chi connectivity index (χ2n) is 4.40. The van der Waals surface area contributed by atoms with Crippen molar-refractivity contribution in [2.75, 3.05) is 6.61 Å². The first-order valence-corrected chi connectivity index (χ1v) is 5.93. The van der Waals surface area contributed by atoms with Crippen molar-refractivity contribution in [3.05, 3.63) is 29.6 Å². The maximum Gasteiger partial charge on any atom is 0.130 e. The number of hydrogen-bond donors (Lipinski definition) is 0. The summed E-state index contributed by atoms with van der Waals surface area (Å²) in [5, 5.41) is 0.